The molecule has 1 unspecified atom stereocenters. The molecule has 1 heterocycles. The van der Waals surface area contributed by atoms with Crippen molar-refractivity contribution in [2.45, 2.75) is 51.1 Å². The van der Waals surface area contributed by atoms with E-state index in [1.807, 2.05) is 30.3 Å². The van der Waals surface area contributed by atoms with Gasteiger partial charge in [0.25, 0.3) is 0 Å². The largest absolute Gasteiger partial charge is 0.493 e. The van der Waals surface area contributed by atoms with Crippen LogP contribution in [-0.2, 0) is 11.2 Å². The maximum Gasteiger partial charge on any atom is 0.360 e. The third-order valence-corrected chi connectivity index (χ3v) is 5.56. The molecule has 0 saturated heterocycles. The van der Waals surface area contributed by atoms with Crippen LogP contribution in [0.3, 0.4) is 0 Å². The Bertz CT molecular complexity index is 838. The summed E-state index contributed by atoms with van der Waals surface area (Å²) in [6, 6.07) is 9.29. The van der Waals surface area contributed by atoms with Crippen LogP contribution in [0.4, 0.5) is 0 Å². The molecule has 1 aliphatic carbocycles. The molecule has 1 fully saturated rings. The van der Waals surface area contributed by atoms with Crippen LogP contribution in [0.1, 0.15) is 60.7 Å². The van der Waals surface area contributed by atoms with Crippen LogP contribution in [0.2, 0.25) is 0 Å². The number of imidazole rings is 1. The summed E-state index contributed by atoms with van der Waals surface area (Å²) in [7, 11) is 0. The maximum atomic E-state index is 13.2. The number of aromatic hydroxyl groups is 1. The lowest BCUT2D eigenvalue weighted by Crippen LogP contribution is -2.31. The summed E-state index contributed by atoms with van der Waals surface area (Å²) in [5, 5.41) is 10.8. The summed E-state index contributed by atoms with van der Waals surface area (Å²) >= 11 is 4.40. The van der Waals surface area contributed by atoms with Gasteiger partial charge in [0, 0.05) is 11.8 Å². The molecule has 0 amide bonds. The van der Waals surface area contributed by atoms with Crippen molar-refractivity contribution in [2.75, 3.05) is 12.4 Å². The van der Waals surface area contributed by atoms with Gasteiger partial charge in [0.1, 0.15) is 0 Å². The van der Waals surface area contributed by atoms with Crippen LogP contribution < -0.4 is 5.69 Å². The average molecular weight is 391 g/mol. The summed E-state index contributed by atoms with van der Waals surface area (Å²) in [4.78, 5) is 25.7. The van der Waals surface area contributed by atoms with Gasteiger partial charge in [0.15, 0.2) is 5.69 Å². The topological polar surface area (TPSA) is 73.5 Å². The van der Waals surface area contributed by atoms with Crippen LogP contribution in [-0.4, -0.2) is 32.6 Å². The first-order valence-electron chi connectivity index (χ1n) is 9.46. The second kappa shape index (κ2) is 8.69. The number of nitrogens with zero attached hydrogens (tertiary/aromatic N) is 2. The Balaban J connectivity index is 2.07. The molecule has 3 rings (SSSR count). The fourth-order valence-corrected chi connectivity index (χ4v) is 4.16. The smallest absolute Gasteiger partial charge is 0.360 e. The quantitative estimate of drug-likeness (QED) is 0.562. The molecule has 1 aromatic carbocycles. The van der Waals surface area contributed by atoms with Crippen LogP contribution in [0.15, 0.2) is 35.1 Å². The maximum absolute atomic E-state index is 13.2. The Labute approximate surface area is 164 Å². The Hall–Kier alpha value is -2.15. The molecule has 27 heavy (non-hydrogen) atoms. The molecule has 0 spiro atoms. The van der Waals surface area contributed by atoms with Gasteiger partial charge in [0.05, 0.1) is 12.6 Å². The molecular weight excluding hydrogens is 364 g/mol. The van der Waals surface area contributed by atoms with Gasteiger partial charge in [-0.1, -0.05) is 43.2 Å². The van der Waals surface area contributed by atoms with E-state index in [9.17, 15) is 14.7 Å². The minimum Gasteiger partial charge on any atom is -0.493 e. The van der Waals surface area contributed by atoms with Gasteiger partial charge in [-0.3, -0.25) is 9.13 Å². The van der Waals surface area contributed by atoms with Crippen molar-refractivity contribution < 1.29 is 14.6 Å². The van der Waals surface area contributed by atoms with Crippen molar-refractivity contribution in [3.8, 4) is 5.88 Å². The average Bonchev–Trinajstić information content (AvgIpc) is 3.27. The zero-order chi connectivity index (χ0) is 19.4. The Morgan fingerprint density at radius 1 is 1.30 bits per heavy atom. The summed E-state index contributed by atoms with van der Waals surface area (Å²) in [6.07, 6.45) is 4.19. The zero-order valence-electron chi connectivity index (χ0n) is 15.5. The van der Waals surface area contributed by atoms with Crippen molar-refractivity contribution in [3.63, 3.8) is 0 Å². The lowest BCUT2D eigenvalue weighted by molar-refractivity contribution is 0.0506. The second-order valence-corrected chi connectivity index (χ2v) is 7.24. The normalized spacial score (nSPS) is 15.8. The van der Waals surface area contributed by atoms with Crippen LogP contribution >= 0.6 is 12.6 Å². The first-order valence-corrected chi connectivity index (χ1v) is 10.1. The Morgan fingerprint density at radius 2 is 1.96 bits per heavy atom. The molecule has 1 atom stereocenters. The number of benzene rings is 1. The number of hydrogen-bond donors (Lipinski definition) is 2. The van der Waals surface area contributed by atoms with Gasteiger partial charge in [-0.25, -0.2) is 9.59 Å². The summed E-state index contributed by atoms with van der Waals surface area (Å²) in [6.45, 7) is 1.89. The summed E-state index contributed by atoms with van der Waals surface area (Å²) < 4.78 is 7.87. The van der Waals surface area contributed by atoms with Crippen LogP contribution in [0.25, 0.3) is 0 Å². The van der Waals surface area contributed by atoms with Gasteiger partial charge in [-0.05, 0) is 31.7 Å². The highest BCUT2D eigenvalue weighted by atomic mass is 32.1. The van der Waals surface area contributed by atoms with E-state index in [1.165, 1.54) is 9.13 Å². The van der Waals surface area contributed by atoms with Crippen LogP contribution in [0, 0.1) is 0 Å². The fourth-order valence-electron chi connectivity index (χ4n) is 3.87. The van der Waals surface area contributed by atoms with E-state index in [4.69, 9.17) is 4.74 Å². The van der Waals surface area contributed by atoms with Gasteiger partial charge >= 0.3 is 11.7 Å². The number of ether oxygens (including phenoxy) is 1. The summed E-state index contributed by atoms with van der Waals surface area (Å²) in [5.41, 5.74) is 0.639. The molecule has 7 heteroatoms. The third kappa shape index (κ3) is 3.93. The van der Waals surface area contributed by atoms with Gasteiger partial charge in [-0.15, -0.1) is 0 Å². The minimum atomic E-state index is -0.657. The molecule has 1 saturated carbocycles. The molecular formula is C20H26N2O4S. The number of carbonyl (C=O) groups excluding carboxylic acids is 1. The monoisotopic (exact) mass is 390 g/mol. The van der Waals surface area contributed by atoms with Crippen molar-refractivity contribution >= 4 is 18.6 Å². The van der Waals surface area contributed by atoms with E-state index >= 15 is 0 Å². The number of thiol groups is 1. The molecule has 146 valence electrons. The number of hydrogen-bond acceptors (Lipinski definition) is 5. The van der Waals surface area contributed by atoms with E-state index in [-0.39, 0.29) is 36.0 Å². The van der Waals surface area contributed by atoms with Crippen molar-refractivity contribution in [1.82, 2.24) is 9.13 Å². The first-order chi connectivity index (χ1) is 13.1. The lowest BCUT2D eigenvalue weighted by atomic mass is 10.1. The van der Waals surface area contributed by atoms with Gasteiger partial charge in [0.2, 0.25) is 5.88 Å². The van der Waals surface area contributed by atoms with Gasteiger partial charge in [-0.2, -0.15) is 12.6 Å². The highest BCUT2D eigenvalue weighted by molar-refractivity contribution is 7.80. The standard InChI is InChI=1S/C20H26N2O4S/c1-2-26-19(24)17-18(23)22(20(25)21(17)15-10-6-7-11-15)16(13-27)12-14-8-4-3-5-9-14/h3-5,8-9,15-16,23,27H,2,6-7,10-13H2,1H3. The highest BCUT2D eigenvalue weighted by Crippen LogP contribution is 2.33. The van der Waals surface area contributed by atoms with Gasteiger partial charge < -0.3 is 9.84 Å². The van der Waals surface area contributed by atoms with Crippen molar-refractivity contribution in [1.29, 1.82) is 0 Å². The molecule has 0 radical (unpaired) electrons. The number of carbonyl (C=O) groups is 1. The number of rotatable bonds is 7. The minimum absolute atomic E-state index is 0.0337. The lowest BCUT2D eigenvalue weighted by Gasteiger charge is -2.16. The van der Waals surface area contributed by atoms with E-state index in [0.717, 1.165) is 31.2 Å². The van der Waals surface area contributed by atoms with Crippen molar-refractivity contribution in [3.05, 3.63) is 52.1 Å². The van der Waals surface area contributed by atoms with E-state index < -0.39 is 5.97 Å². The fraction of sp³-hybridized carbons (Fsp3) is 0.500. The summed E-state index contributed by atoms with van der Waals surface area (Å²) in [5.74, 6) is -0.616. The van der Waals surface area contributed by atoms with Crippen molar-refractivity contribution in [2.24, 2.45) is 0 Å². The van der Waals surface area contributed by atoms with E-state index in [2.05, 4.69) is 12.6 Å². The molecule has 1 aliphatic rings. The molecule has 0 aliphatic heterocycles. The Kier molecular flexibility index (Phi) is 6.31. The van der Waals surface area contributed by atoms with Crippen LogP contribution in [0.5, 0.6) is 5.88 Å². The molecule has 1 N–H and O–H groups in total. The first kappa shape index (κ1) is 19.6. The SMILES string of the molecule is CCOC(=O)c1c(O)n(C(CS)Cc2ccccc2)c(=O)n1C1CCCC1. The molecule has 6 nitrogen and oxygen atoms in total. The van der Waals surface area contributed by atoms with E-state index in [0.29, 0.717) is 12.2 Å². The predicted molar refractivity (Wildman–Crippen MR) is 107 cm³/mol. The highest BCUT2D eigenvalue weighted by Gasteiger charge is 2.33. The second-order valence-electron chi connectivity index (χ2n) is 6.88. The molecule has 1 aromatic heterocycles. The Morgan fingerprint density at radius 3 is 2.56 bits per heavy atom. The third-order valence-electron chi connectivity index (χ3n) is 5.14. The molecule has 2 aromatic rings. The number of esters is 1. The van der Waals surface area contributed by atoms with E-state index in [1.54, 1.807) is 6.92 Å². The number of aromatic nitrogens is 2. The predicted octanol–water partition coefficient (Wildman–Crippen LogP) is 3.36. The molecule has 0 bridgehead atoms. The zero-order valence-corrected chi connectivity index (χ0v) is 16.4.